The van der Waals surface area contributed by atoms with Crippen molar-refractivity contribution in [1.82, 2.24) is 0 Å². The summed E-state index contributed by atoms with van der Waals surface area (Å²) in [6.45, 7) is -0.338. The summed E-state index contributed by atoms with van der Waals surface area (Å²) in [6.07, 6.45) is 0. The Labute approximate surface area is 92.9 Å². The van der Waals surface area contributed by atoms with Gasteiger partial charge < -0.3 is 14.2 Å². The Morgan fingerprint density at radius 1 is 1.25 bits per heavy atom. The van der Waals surface area contributed by atoms with Crippen LogP contribution in [0, 0.1) is 10.1 Å². The monoisotopic (exact) mass is 227 g/mol. The minimum atomic E-state index is -0.527. The van der Waals surface area contributed by atoms with Crippen LogP contribution < -0.4 is 9.47 Å². The average molecular weight is 227 g/mol. The van der Waals surface area contributed by atoms with Crippen LogP contribution in [-0.2, 0) is 11.3 Å². The number of rotatable bonds is 6. The van der Waals surface area contributed by atoms with Crippen molar-refractivity contribution in [2.24, 2.45) is 0 Å². The van der Waals surface area contributed by atoms with Crippen LogP contribution in [0.1, 0.15) is 5.56 Å². The van der Waals surface area contributed by atoms with Gasteiger partial charge in [0.25, 0.3) is 0 Å². The van der Waals surface area contributed by atoms with Crippen LogP contribution in [0.3, 0.4) is 0 Å². The summed E-state index contributed by atoms with van der Waals surface area (Å²) in [5.41, 5.74) is 0.791. The van der Waals surface area contributed by atoms with Crippen LogP contribution in [-0.4, -0.2) is 25.9 Å². The third-order valence-electron chi connectivity index (χ3n) is 1.91. The van der Waals surface area contributed by atoms with Gasteiger partial charge in [0.2, 0.25) is 0 Å². The molecule has 6 nitrogen and oxygen atoms in total. The molecule has 1 aromatic rings. The second kappa shape index (κ2) is 5.92. The summed E-state index contributed by atoms with van der Waals surface area (Å²) < 4.78 is 15.0. The topological polar surface area (TPSA) is 70.8 Å². The molecule has 0 aliphatic carbocycles. The molecule has 0 aromatic heterocycles. The number of hydrogen-bond acceptors (Lipinski definition) is 5. The Morgan fingerprint density at radius 2 is 1.94 bits per heavy atom. The van der Waals surface area contributed by atoms with Gasteiger partial charge >= 0.3 is 6.73 Å². The van der Waals surface area contributed by atoms with Crippen molar-refractivity contribution in [2.45, 2.75) is 6.61 Å². The first-order chi connectivity index (χ1) is 7.67. The molecule has 1 aromatic carbocycles. The predicted octanol–water partition coefficient (Wildman–Crippen LogP) is 1.45. The Kier molecular flexibility index (Phi) is 4.53. The standard InChI is InChI=1S/C10H13NO5/c1-14-9-4-3-8(5-10(9)15-2)6-16-7-11(12)13/h3-5H,6-7H2,1-2H3. The zero-order chi connectivity index (χ0) is 12.0. The zero-order valence-electron chi connectivity index (χ0n) is 9.13. The molecule has 6 heteroatoms. The second-order valence-electron chi connectivity index (χ2n) is 3.00. The molecule has 88 valence electrons. The first-order valence-corrected chi connectivity index (χ1v) is 4.58. The molecule has 0 bridgehead atoms. The molecule has 0 heterocycles. The molecule has 16 heavy (non-hydrogen) atoms. The smallest absolute Gasteiger partial charge is 0.306 e. The van der Waals surface area contributed by atoms with Crippen molar-refractivity contribution < 1.29 is 19.1 Å². The van der Waals surface area contributed by atoms with Gasteiger partial charge in [0.1, 0.15) is 0 Å². The third kappa shape index (κ3) is 3.39. The van der Waals surface area contributed by atoms with Crippen molar-refractivity contribution in [3.05, 3.63) is 33.9 Å². The lowest BCUT2D eigenvalue weighted by Gasteiger charge is -2.08. The molecule has 0 saturated heterocycles. The van der Waals surface area contributed by atoms with Gasteiger partial charge in [0.15, 0.2) is 11.5 Å². The van der Waals surface area contributed by atoms with Crippen LogP contribution in [0.5, 0.6) is 11.5 Å². The summed E-state index contributed by atoms with van der Waals surface area (Å²) in [6, 6.07) is 5.21. The van der Waals surface area contributed by atoms with Crippen LogP contribution in [0.2, 0.25) is 0 Å². The number of benzene rings is 1. The number of hydrogen-bond donors (Lipinski definition) is 0. The van der Waals surface area contributed by atoms with Gasteiger partial charge in [-0.2, -0.15) is 0 Å². The molecule has 0 unspecified atom stereocenters. The van der Waals surface area contributed by atoms with Gasteiger partial charge in [-0.3, -0.25) is 10.1 Å². The van der Waals surface area contributed by atoms with E-state index in [1.807, 2.05) is 0 Å². The normalized spacial score (nSPS) is 9.88. The molecule has 0 aliphatic rings. The van der Waals surface area contributed by atoms with Crippen molar-refractivity contribution >= 4 is 0 Å². The van der Waals surface area contributed by atoms with Gasteiger partial charge in [-0.15, -0.1) is 0 Å². The molecule has 0 amide bonds. The largest absolute Gasteiger partial charge is 0.493 e. The minimum Gasteiger partial charge on any atom is -0.493 e. The Morgan fingerprint density at radius 3 is 2.50 bits per heavy atom. The molecular formula is C10H13NO5. The van der Waals surface area contributed by atoms with Crippen molar-refractivity contribution in [3.8, 4) is 11.5 Å². The van der Waals surface area contributed by atoms with Crippen molar-refractivity contribution in [3.63, 3.8) is 0 Å². The predicted molar refractivity (Wildman–Crippen MR) is 56.2 cm³/mol. The maximum Gasteiger partial charge on any atom is 0.306 e. The molecule has 0 aliphatic heterocycles. The lowest BCUT2D eigenvalue weighted by atomic mass is 10.2. The van der Waals surface area contributed by atoms with E-state index in [4.69, 9.17) is 14.2 Å². The maximum absolute atomic E-state index is 10.0. The zero-order valence-corrected chi connectivity index (χ0v) is 9.13. The lowest BCUT2D eigenvalue weighted by Crippen LogP contribution is -2.05. The minimum absolute atomic E-state index is 0.168. The fourth-order valence-electron chi connectivity index (χ4n) is 1.21. The first kappa shape index (κ1) is 12.3. The van der Waals surface area contributed by atoms with E-state index in [1.165, 1.54) is 7.11 Å². The van der Waals surface area contributed by atoms with E-state index in [9.17, 15) is 10.1 Å². The van der Waals surface area contributed by atoms with Gasteiger partial charge in [0.05, 0.1) is 20.8 Å². The van der Waals surface area contributed by atoms with Crippen LogP contribution in [0.4, 0.5) is 0 Å². The van der Waals surface area contributed by atoms with Crippen molar-refractivity contribution in [2.75, 3.05) is 21.0 Å². The number of ether oxygens (including phenoxy) is 3. The highest BCUT2D eigenvalue weighted by Gasteiger charge is 2.05. The highest BCUT2D eigenvalue weighted by Crippen LogP contribution is 2.27. The van der Waals surface area contributed by atoms with E-state index in [0.29, 0.717) is 11.5 Å². The fourth-order valence-corrected chi connectivity index (χ4v) is 1.21. The van der Waals surface area contributed by atoms with Crippen LogP contribution >= 0.6 is 0 Å². The lowest BCUT2D eigenvalue weighted by molar-refractivity contribution is -0.527. The summed E-state index contributed by atoms with van der Waals surface area (Å²) in [4.78, 5) is 9.52. The van der Waals surface area contributed by atoms with E-state index < -0.39 is 11.7 Å². The molecule has 0 fully saturated rings. The van der Waals surface area contributed by atoms with E-state index >= 15 is 0 Å². The first-order valence-electron chi connectivity index (χ1n) is 4.58. The summed E-state index contributed by atoms with van der Waals surface area (Å²) in [7, 11) is 3.07. The quantitative estimate of drug-likeness (QED) is 0.418. The highest BCUT2D eigenvalue weighted by atomic mass is 16.7. The Balaban J connectivity index is 2.64. The van der Waals surface area contributed by atoms with E-state index in [2.05, 4.69) is 0 Å². The maximum atomic E-state index is 10.0. The van der Waals surface area contributed by atoms with Gasteiger partial charge in [0, 0.05) is 4.92 Å². The SMILES string of the molecule is COc1ccc(COC[N+](=O)[O-])cc1OC. The van der Waals surface area contributed by atoms with E-state index in [-0.39, 0.29) is 6.61 Å². The van der Waals surface area contributed by atoms with Crippen molar-refractivity contribution in [1.29, 1.82) is 0 Å². The molecule has 0 atom stereocenters. The van der Waals surface area contributed by atoms with Crippen LogP contribution in [0.25, 0.3) is 0 Å². The van der Waals surface area contributed by atoms with E-state index in [1.54, 1.807) is 25.3 Å². The van der Waals surface area contributed by atoms with Gasteiger partial charge in [-0.1, -0.05) is 6.07 Å². The van der Waals surface area contributed by atoms with E-state index in [0.717, 1.165) is 5.56 Å². The molecule has 1 rings (SSSR count). The second-order valence-corrected chi connectivity index (χ2v) is 3.00. The molecule has 0 spiro atoms. The molecule has 0 saturated carbocycles. The summed E-state index contributed by atoms with van der Waals surface area (Å²) >= 11 is 0. The summed E-state index contributed by atoms with van der Waals surface area (Å²) in [5, 5.41) is 10.0. The Bertz CT molecular complexity index is 366. The Hall–Kier alpha value is -1.82. The third-order valence-corrected chi connectivity index (χ3v) is 1.91. The number of nitrogens with zero attached hydrogens (tertiary/aromatic N) is 1. The number of methoxy groups -OCH3 is 2. The molecule has 0 N–H and O–H groups in total. The highest BCUT2D eigenvalue weighted by molar-refractivity contribution is 5.42. The molecule has 0 radical (unpaired) electrons. The summed E-state index contributed by atoms with van der Waals surface area (Å²) in [5.74, 6) is 1.19. The van der Waals surface area contributed by atoms with Crippen LogP contribution in [0.15, 0.2) is 18.2 Å². The van der Waals surface area contributed by atoms with Gasteiger partial charge in [-0.25, -0.2) is 0 Å². The van der Waals surface area contributed by atoms with Gasteiger partial charge in [-0.05, 0) is 17.7 Å². The fraction of sp³-hybridized carbons (Fsp3) is 0.400. The average Bonchev–Trinajstić information content (AvgIpc) is 2.28. The number of nitro groups is 1. The molecular weight excluding hydrogens is 214 g/mol.